The van der Waals surface area contributed by atoms with Crippen molar-refractivity contribution in [2.24, 2.45) is 4.99 Å². The number of fused-ring (bicyclic) bond motifs is 1. The molecule has 0 unspecified atom stereocenters. The Morgan fingerprint density at radius 1 is 1.14 bits per heavy atom. The standard InChI is InChI=1S/C22H25BrN4O/c1-22(2)17-8-7-15(26-11-9-25-10-12-26)13-20(17)27(21(22)24-3)19-6-4-5-18(23)16(19)14-28/h4-8,13-14,25H,9-12H2,1-3H3. The highest BCUT2D eigenvalue weighted by molar-refractivity contribution is 9.10. The third-order valence-electron chi connectivity index (χ3n) is 5.75. The minimum Gasteiger partial charge on any atom is -0.369 e. The molecule has 28 heavy (non-hydrogen) atoms. The molecular formula is C22H25BrN4O. The molecule has 2 heterocycles. The fourth-order valence-electron chi connectivity index (χ4n) is 4.33. The molecule has 146 valence electrons. The topological polar surface area (TPSA) is 47.9 Å². The molecule has 2 aromatic carbocycles. The molecule has 2 aliphatic heterocycles. The number of anilines is 3. The lowest BCUT2D eigenvalue weighted by atomic mass is 9.85. The van der Waals surface area contributed by atoms with Crippen LogP contribution in [0.5, 0.6) is 0 Å². The van der Waals surface area contributed by atoms with E-state index < -0.39 is 0 Å². The minimum absolute atomic E-state index is 0.242. The summed E-state index contributed by atoms with van der Waals surface area (Å²) in [4.78, 5) is 21.1. The highest BCUT2D eigenvalue weighted by Gasteiger charge is 2.43. The largest absolute Gasteiger partial charge is 0.369 e. The summed E-state index contributed by atoms with van der Waals surface area (Å²) in [5, 5.41) is 3.41. The molecule has 0 saturated carbocycles. The molecule has 0 bridgehead atoms. The first kappa shape index (κ1) is 19.2. The number of aliphatic imine (C=N–C) groups is 1. The predicted molar refractivity (Wildman–Crippen MR) is 120 cm³/mol. The van der Waals surface area contributed by atoms with E-state index in [1.165, 1.54) is 11.3 Å². The third-order valence-corrected chi connectivity index (χ3v) is 6.44. The molecular weight excluding hydrogens is 416 g/mol. The summed E-state index contributed by atoms with van der Waals surface area (Å²) in [6.45, 7) is 8.36. The van der Waals surface area contributed by atoms with Crippen LogP contribution in [-0.4, -0.2) is 45.3 Å². The van der Waals surface area contributed by atoms with E-state index in [1.807, 2.05) is 25.2 Å². The van der Waals surface area contributed by atoms with Gasteiger partial charge in [-0.2, -0.15) is 0 Å². The molecule has 5 nitrogen and oxygen atoms in total. The van der Waals surface area contributed by atoms with Gasteiger partial charge in [0.15, 0.2) is 6.29 Å². The van der Waals surface area contributed by atoms with Crippen LogP contribution in [0.4, 0.5) is 17.1 Å². The van der Waals surface area contributed by atoms with Crippen molar-refractivity contribution in [2.45, 2.75) is 19.3 Å². The Morgan fingerprint density at radius 3 is 2.57 bits per heavy atom. The van der Waals surface area contributed by atoms with Crippen molar-refractivity contribution in [1.82, 2.24) is 5.32 Å². The first-order valence-electron chi connectivity index (χ1n) is 9.60. The summed E-state index contributed by atoms with van der Waals surface area (Å²) < 4.78 is 0.792. The number of carbonyl (C=O) groups is 1. The van der Waals surface area contributed by atoms with E-state index >= 15 is 0 Å². The Balaban J connectivity index is 1.90. The van der Waals surface area contributed by atoms with Gasteiger partial charge in [-0.15, -0.1) is 0 Å². The number of nitrogens with one attached hydrogen (secondary N) is 1. The molecule has 4 rings (SSSR count). The number of amidine groups is 1. The monoisotopic (exact) mass is 440 g/mol. The fourth-order valence-corrected chi connectivity index (χ4v) is 4.78. The van der Waals surface area contributed by atoms with Gasteiger partial charge >= 0.3 is 0 Å². The van der Waals surface area contributed by atoms with Crippen molar-refractivity contribution in [1.29, 1.82) is 0 Å². The zero-order valence-corrected chi connectivity index (χ0v) is 18.1. The van der Waals surface area contributed by atoms with E-state index in [0.717, 1.165) is 54.1 Å². The normalized spacial score (nSPS) is 19.8. The average Bonchev–Trinajstić information content (AvgIpc) is 2.94. The third kappa shape index (κ3) is 2.95. The number of benzene rings is 2. The van der Waals surface area contributed by atoms with E-state index in [9.17, 15) is 4.79 Å². The molecule has 0 aliphatic carbocycles. The molecule has 0 aromatic heterocycles. The number of hydrogen-bond donors (Lipinski definition) is 1. The van der Waals surface area contributed by atoms with Gasteiger partial charge in [0.1, 0.15) is 5.84 Å². The first-order valence-corrected chi connectivity index (χ1v) is 10.4. The second-order valence-corrected chi connectivity index (χ2v) is 8.59. The molecule has 0 spiro atoms. The summed E-state index contributed by atoms with van der Waals surface area (Å²) in [6, 6.07) is 12.5. The van der Waals surface area contributed by atoms with E-state index in [4.69, 9.17) is 0 Å². The smallest absolute Gasteiger partial charge is 0.153 e. The van der Waals surface area contributed by atoms with E-state index in [0.29, 0.717) is 5.56 Å². The maximum Gasteiger partial charge on any atom is 0.153 e. The van der Waals surface area contributed by atoms with E-state index in [-0.39, 0.29) is 5.41 Å². The quantitative estimate of drug-likeness (QED) is 0.728. The van der Waals surface area contributed by atoms with Crippen LogP contribution < -0.4 is 15.1 Å². The van der Waals surface area contributed by atoms with E-state index in [1.54, 1.807) is 0 Å². The van der Waals surface area contributed by atoms with Crippen LogP contribution >= 0.6 is 15.9 Å². The fraction of sp³-hybridized carbons (Fsp3) is 0.364. The van der Waals surface area contributed by atoms with Crippen molar-refractivity contribution in [3.05, 3.63) is 52.0 Å². The summed E-state index contributed by atoms with van der Waals surface area (Å²) in [7, 11) is 1.83. The molecule has 2 aliphatic rings. The van der Waals surface area contributed by atoms with Gasteiger partial charge in [0.25, 0.3) is 0 Å². The summed E-state index contributed by atoms with van der Waals surface area (Å²) in [5.74, 6) is 0.946. The van der Waals surface area contributed by atoms with Gasteiger partial charge < -0.3 is 10.2 Å². The Hall–Kier alpha value is -2.18. The summed E-state index contributed by atoms with van der Waals surface area (Å²) in [6.07, 6.45) is 0.915. The van der Waals surface area contributed by atoms with Crippen LogP contribution in [0.3, 0.4) is 0 Å². The van der Waals surface area contributed by atoms with Crippen LogP contribution in [0.1, 0.15) is 29.8 Å². The number of hydrogen-bond acceptors (Lipinski definition) is 4. The lowest BCUT2D eigenvalue weighted by molar-refractivity contribution is 0.112. The van der Waals surface area contributed by atoms with Gasteiger partial charge in [0, 0.05) is 48.8 Å². The summed E-state index contributed by atoms with van der Waals surface area (Å²) >= 11 is 3.53. The minimum atomic E-state index is -0.242. The Kier molecular flexibility index (Phi) is 5.02. The van der Waals surface area contributed by atoms with Crippen molar-refractivity contribution >= 4 is 45.1 Å². The maximum atomic E-state index is 11.9. The zero-order valence-electron chi connectivity index (χ0n) is 16.5. The highest BCUT2D eigenvalue weighted by atomic mass is 79.9. The van der Waals surface area contributed by atoms with Gasteiger partial charge in [0.2, 0.25) is 0 Å². The second-order valence-electron chi connectivity index (χ2n) is 7.74. The van der Waals surface area contributed by atoms with Crippen molar-refractivity contribution < 1.29 is 4.79 Å². The number of halogens is 1. The lowest BCUT2D eigenvalue weighted by Gasteiger charge is -2.30. The SMILES string of the molecule is CN=C1N(c2cccc(Br)c2C=O)c2cc(N3CCNCC3)ccc2C1(C)C. The van der Waals surface area contributed by atoms with Crippen LogP contribution in [0.25, 0.3) is 0 Å². The number of carbonyl (C=O) groups excluding carboxylic acids is 1. The second kappa shape index (κ2) is 7.33. The Bertz CT molecular complexity index is 948. The van der Waals surface area contributed by atoms with Gasteiger partial charge in [-0.1, -0.05) is 12.1 Å². The van der Waals surface area contributed by atoms with Gasteiger partial charge in [-0.25, -0.2) is 0 Å². The van der Waals surface area contributed by atoms with Crippen LogP contribution in [0.15, 0.2) is 45.9 Å². The molecule has 1 fully saturated rings. The zero-order chi connectivity index (χ0) is 19.9. The number of aldehydes is 1. The van der Waals surface area contributed by atoms with Crippen LogP contribution in [0, 0.1) is 0 Å². The summed E-state index contributed by atoms with van der Waals surface area (Å²) in [5.41, 5.74) is 4.79. The van der Waals surface area contributed by atoms with Crippen molar-refractivity contribution in [3.63, 3.8) is 0 Å². The lowest BCUT2D eigenvalue weighted by Crippen LogP contribution is -2.43. The highest BCUT2D eigenvalue weighted by Crippen LogP contribution is 2.48. The van der Waals surface area contributed by atoms with Crippen molar-refractivity contribution in [3.8, 4) is 0 Å². The van der Waals surface area contributed by atoms with Crippen LogP contribution in [-0.2, 0) is 5.41 Å². The molecule has 0 amide bonds. The first-order chi connectivity index (χ1) is 13.5. The molecule has 0 atom stereocenters. The van der Waals surface area contributed by atoms with Gasteiger partial charge in [0.05, 0.1) is 16.9 Å². The Morgan fingerprint density at radius 2 is 1.89 bits per heavy atom. The Labute approximate surface area is 174 Å². The molecule has 1 N–H and O–H groups in total. The molecule has 0 radical (unpaired) electrons. The van der Waals surface area contributed by atoms with Gasteiger partial charge in [-0.3, -0.25) is 14.7 Å². The molecule has 2 aromatic rings. The van der Waals surface area contributed by atoms with Crippen LogP contribution in [0.2, 0.25) is 0 Å². The number of rotatable bonds is 3. The van der Waals surface area contributed by atoms with E-state index in [2.05, 4.69) is 68.1 Å². The number of piperazine rings is 1. The molecule has 6 heteroatoms. The average molecular weight is 441 g/mol. The number of nitrogens with zero attached hydrogens (tertiary/aromatic N) is 3. The maximum absolute atomic E-state index is 11.9. The predicted octanol–water partition coefficient (Wildman–Crippen LogP) is 4.13. The van der Waals surface area contributed by atoms with Gasteiger partial charge in [-0.05, 0) is 59.6 Å². The van der Waals surface area contributed by atoms with Crippen molar-refractivity contribution in [2.75, 3.05) is 43.0 Å². The molecule has 1 saturated heterocycles.